The summed E-state index contributed by atoms with van der Waals surface area (Å²) in [5.74, 6) is -1.57. The van der Waals surface area contributed by atoms with Crippen LogP contribution < -0.4 is 10.0 Å². The summed E-state index contributed by atoms with van der Waals surface area (Å²) in [7, 11) is 0. The number of hydrogen-bond donors (Lipinski definition) is 0. The molecule has 2 heterocycles. The number of rotatable bonds is 4. The third kappa shape index (κ3) is 3.00. The highest BCUT2D eigenvalue weighted by molar-refractivity contribution is 6.37. The Bertz CT molecular complexity index is 1510. The lowest BCUT2D eigenvalue weighted by Crippen LogP contribution is -2.40. The second kappa shape index (κ2) is 8.21. The van der Waals surface area contributed by atoms with Crippen LogP contribution in [0, 0.1) is 20.9 Å². The molecule has 3 aromatic rings. The number of non-ortho nitro benzene ring substituents is 1. The largest absolute Gasteiger partial charge is 0.271 e. The lowest BCUT2D eigenvalue weighted by atomic mass is 9.85. The number of nitrogens with zero attached hydrogens (tertiary/aromatic N) is 5. The van der Waals surface area contributed by atoms with Gasteiger partial charge in [-0.05, 0) is 67.9 Å². The van der Waals surface area contributed by atoms with E-state index in [-0.39, 0.29) is 5.69 Å². The zero-order valence-corrected chi connectivity index (χ0v) is 21.6. The molecule has 0 saturated heterocycles. The van der Waals surface area contributed by atoms with E-state index in [1.165, 1.54) is 22.2 Å². The molecule has 1 saturated carbocycles. The molecule has 2 amide bonds. The summed E-state index contributed by atoms with van der Waals surface area (Å²) in [6.07, 6.45) is 0. The molecule has 1 aliphatic carbocycles. The first kappa shape index (κ1) is 24.3. The van der Waals surface area contributed by atoms with Gasteiger partial charge in [0.25, 0.3) is 17.5 Å². The van der Waals surface area contributed by atoms with Crippen molar-refractivity contribution in [3.05, 3.63) is 98.5 Å². The fraction of sp³-hybridized carbons (Fsp3) is 0.185. The molecule has 0 radical (unpaired) electrons. The molecule has 2 aliphatic heterocycles. The van der Waals surface area contributed by atoms with E-state index in [1.807, 2.05) is 0 Å². The highest BCUT2D eigenvalue weighted by Crippen LogP contribution is 2.79. The van der Waals surface area contributed by atoms with Crippen LogP contribution in [0.1, 0.15) is 25.3 Å². The van der Waals surface area contributed by atoms with Crippen LogP contribution in [0.3, 0.4) is 0 Å². The summed E-state index contributed by atoms with van der Waals surface area (Å²) in [6, 6.07) is 19.3. The lowest BCUT2D eigenvalue weighted by Gasteiger charge is -2.19. The zero-order chi connectivity index (χ0) is 27.0. The Morgan fingerprint density at radius 1 is 0.789 bits per heavy atom. The number of nitro benzene ring substituents is 1. The van der Waals surface area contributed by atoms with Crippen molar-refractivity contribution in [2.24, 2.45) is 21.0 Å². The molecule has 3 aromatic carbocycles. The standard InChI is InChI=1S/C27H19Cl2N5O4/c1-15-26(24(35)32(30-15)20-10-6-18(28)7-11-20)23(17-4-3-5-22(14-17)34(37)38)27(26)16(2)31-33(25(27)36)21-12-8-19(29)9-13-21/h3-14,23H,1-2H3/t23?,26-,27+. The van der Waals surface area contributed by atoms with Gasteiger partial charge in [0.1, 0.15) is 10.8 Å². The van der Waals surface area contributed by atoms with E-state index in [1.54, 1.807) is 74.5 Å². The number of benzene rings is 3. The molecule has 0 N–H and O–H groups in total. The Morgan fingerprint density at radius 3 is 1.66 bits per heavy atom. The van der Waals surface area contributed by atoms with Crippen LogP contribution >= 0.6 is 23.2 Å². The summed E-state index contributed by atoms with van der Waals surface area (Å²) >= 11 is 12.1. The Kier molecular flexibility index (Phi) is 5.24. The minimum absolute atomic E-state index is 0.135. The Hall–Kier alpha value is -4.08. The number of carbonyl (C=O) groups excluding carboxylic acids is 2. The number of hydrazone groups is 2. The highest BCUT2D eigenvalue weighted by Gasteiger charge is 2.91. The summed E-state index contributed by atoms with van der Waals surface area (Å²) in [4.78, 5) is 39.8. The van der Waals surface area contributed by atoms with Crippen LogP contribution in [-0.4, -0.2) is 28.2 Å². The topological polar surface area (TPSA) is 108 Å². The van der Waals surface area contributed by atoms with Gasteiger partial charge in [0.15, 0.2) is 0 Å². The van der Waals surface area contributed by atoms with Gasteiger partial charge >= 0.3 is 0 Å². The second-order valence-electron chi connectivity index (χ2n) is 9.46. The van der Waals surface area contributed by atoms with Crippen molar-refractivity contribution in [3.8, 4) is 0 Å². The molecule has 9 nitrogen and oxygen atoms in total. The van der Waals surface area contributed by atoms with Crippen molar-refractivity contribution in [3.63, 3.8) is 0 Å². The fourth-order valence-electron chi connectivity index (χ4n) is 6.07. The van der Waals surface area contributed by atoms with Gasteiger partial charge in [0.2, 0.25) is 0 Å². The van der Waals surface area contributed by atoms with E-state index in [9.17, 15) is 19.7 Å². The summed E-state index contributed by atoms with van der Waals surface area (Å²) in [5, 5.41) is 24.3. The lowest BCUT2D eigenvalue weighted by molar-refractivity contribution is -0.384. The second-order valence-corrected chi connectivity index (χ2v) is 10.3. The summed E-state index contributed by atoms with van der Waals surface area (Å²) < 4.78 is 0. The third-order valence-electron chi connectivity index (χ3n) is 7.66. The predicted molar refractivity (Wildman–Crippen MR) is 145 cm³/mol. The molecule has 3 atom stereocenters. The van der Waals surface area contributed by atoms with Crippen LogP contribution in [0.25, 0.3) is 0 Å². The first-order chi connectivity index (χ1) is 18.1. The molecular formula is C27H19Cl2N5O4. The van der Waals surface area contributed by atoms with Crippen molar-refractivity contribution >= 4 is 63.5 Å². The van der Waals surface area contributed by atoms with Crippen LogP contribution in [0.5, 0.6) is 0 Å². The summed E-state index contributed by atoms with van der Waals surface area (Å²) in [5.41, 5.74) is -0.633. The van der Waals surface area contributed by atoms with Gasteiger partial charge in [-0.25, -0.2) is 0 Å². The average Bonchev–Trinajstić information content (AvgIpc) is 3.39. The normalized spacial score (nSPS) is 25.8. The van der Waals surface area contributed by atoms with Gasteiger partial charge in [-0.2, -0.15) is 20.2 Å². The maximum atomic E-state index is 14.3. The number of hydrogen-bond acceptors (Lipinski definition) is 6. The number of nitro groups is 1. The molecule has 3 aliphatic rings. The van der Waals surface area contributed by atoms with Crippen molar-refractivity contribution in [1.29, 1.82) is 0 Å². The number of anilines is 2. The van der Waals surface area contributed by atoms with Crippen molar-refractivity contribution in [2.75, 3.05) is 10.0 Å². The monoisotopic (exact) mass is 547 g/mol. The smallest absolute Gasteiger partial charge is 0.269 e. The van der Waals surface area contributed by atoms with E-state index in [0.717, 1.165) is 0 Å². The predicted octanol–water partition coefficient (Wildman–Crippen LogP) is 5.82. The molecule has 2 spiro atoms. The number of amides is 2. The molecule has 0 aromatic heterocycles. The average molecular weight is 548 g/mol. The van der Waals surface area contributed by atoms with E-state index in [2.05, 4.69) is 10.2 Å². The molecule has 11 heteroatoms. The van der Waals surface area contributed by atoms with Crippen molar-refractivity contribution in [2.45, 2.75) is 19.8 Å². The van der Waals surface area contributed by atoms with Crippen LogP contribution in [0.2, 0.25) is 10.0 Å². The number of fused-ring (bicyclic) bond motifs is 1. The Balaban J connectivity index is 1.53. The van der Waals surface area contributed by atoms with Gasteiger partial charge in [-0.15, -0.1) is 0 Å². The SMILES string of the molecule is CC1=NN(c2ccc(Cl)cc2)C(=O)[C@@]12C(c1cccc([N+](=O)[O-])c1)[C@]21C(=O)N(c2ccc(Cl)cc2)N=C1C. The quantitative estimate of drug-likeness (QED) is 0.303. The molecule has 190 valence electrons. The van der Waals surface area contributed by atoms with E-state index in [4.69, 9.17) is 23.2 Å². The number of carbonyl (C=O) groups is 2. The molecule has 1 unspecified atom stereocenters. The van der Waals surface area contributed by atoms with Gasteiger partial charge in [0, 0.05) is 28.1 Å². The minimum atomic E-state index is -1.41. The van der Waals surface area contributed by atoms with Gasteiger partial charge in [-0.1, -0.05) is 35.3 Å². The van der Waals surface area contributed by atoms with Crippen molar-refractivity contribution < 1.29 is 14.5 Å². The van der Waals surface area contributed by atoms with E-state index < -0.39 is 33.5 Å². The van der Waals surface area contributed by atoms with Crippen LogP contribution in [-0.2, 0) is 9.59 Å². The summed E-state index contributed by atoms with van der Waals surface area (Å²) in [6.45, 7) is 3.41. The van der Waals surface area contributed by atoms with Gasteiger partial charge in [0.05, 0.1) is 27.7 Å². The van der Waals surface area contributed by atoms with Crippen LogP contribution in [0.15, 0.2) is 83.0 Å². The zero-order valence-electron chi connectivity index (χ0n) is 20.1. The fourth-order valence-corrected chi connectivity index (χ4v) is 6.32. The number of halogens is 2. The molecule has 0 bridgehead atoms. The molecule has 6 rings (SSSR count). The van der Waals surface area contributed by atoms with Gasteiger partial charge < -0.3 is 0 Å². The maximum absolute atomic E-state index is 14.3. The molecular weight excluding hydrogens is 529 g/mol. The van der Waals surface area contributed by atoms with Gasteiger partial charge in [-0.3, -0.25) is 19.7 Å². The third-order valence-corrected chi connectivity index (χ3v) is 8.17. The van der Waals surface area contributed by atoms with E-state index >= 15 is 0 Å². The molecule has 1 fully saturated rings. The van der Waals surface area contributed by atoms with E-state index in [0.29, 0.717) is 38.4 Å². The maximum Gasteiger partial charge on any atom is 0.269 e. The first-order valence-electron chi connectivity index (χ1n) is 11.7. The Labute approximate surface area is 227 Å². The highest BCUT2D eigenvalue weighted by atomic mass is 35.5. The molecule has 38 heavy (non-hydrogen) atoms. The van der Waals surface area contributed by atoms with Crippen LogP contribution in [0.4, 0.5) is 17.1 Å². The minimum Gasteiger partial charge on any atom is -0.271 e. The van der Waals surface area contributed by atoms with Crippen molar-refractivity contribution in [1.82, 2.24) is 0 Å². The first-order valence-corrected chi connectivity index (χ1v) is 12.5. The Morgan fingerprint density at radius 2 is 1.24 bits per heavy atom.